The fraction of sp³-hybridized carbons (Fsp3) is 0.462. The summed E-state index contributed by atoms with van der Waals surface area (Å²) in [5.74, 6) is 1.56. The molecule has 102 valence electrons. The maximum atomic E-state index is 11.5. The van der Waals surface area contributed by atoms with E-state index in [0.717, 1.165) is 36.4 Å². The van der Waals surface area contributed by atoms with Crippen LogP contribution >= 0.6 is 0 Å². The fourth-order valence-electron chi connectivity index (χ4n) is 2.53. The first-order valence-electron chi connectivity index (χ1n) is 6.42. The van der Waals surface area contributed by atoms with Crippen LogP contribution in [0, 0.1) is 5.92 Å². The highest BCUT2D eigenvalue weighted by atomic mass is 32.2. The molecular formula is C13H17N3O2S. The van der Waals surface area contributed by atoms with Crippen LogP contribution in [0.4, 0.5) is 0 Å². The lowest BCUT2D eigenvalue weighted by Gasteiger charge is -2.03. The number of hydrogen-bond donors (Lipinski definition) is 2. The van der Waals surface area contributed by atoms with Gasteiger partial charge in [-0.05, 0) is 43.6 Å². The van der Waals surface area contributed by atoms with Crippen LogP contribution in [-0.4, -0.2) is 37.7 Å². The second kappa shape index (κ2) is 4.61. The number of benzene rings is 1. The van der Waals surface area contributed by atoms with Gasteiger partial charge in [-0.1, -0.05) is 0 Å². The van der Waals surface area contributed by atoms with Crippen molar-refractivity contribution in [1.82, 2.24) is 15.3 Å². The number of hydrogen-bond acceptors (Lipinski definition) is 4. The molecule has 5 nitrogen and oxygen atoms in total. The summed E-state index contributed by atoms with van der Waals surface area (Å²) < 4.78 is 23.0. The molecule has 0 aliphatic carbocycles. The molecule has 19 heavy (non-hydrogen) atoms. The maximum Gasteiger partial charge on any atom is 0.175 e. The molecule has 2 heterocycles. The lowest BCUT2D eigenvalue weighted by atomic mass is 10.1. The number of aromatic amines is 1. The molecule has 1 aliphatic rings. The van der Waals surface area contributed by atoms with Crippen LogP contribution in [0.15, 0.2) is 23.1 Å². The van der Waals surface area contributed by atoms with E-state index in [0.29, 0.717) is 10.8 Å². The summed E-state index contributed by atoms with van der Waals surface area (Å²) in [4.78, 5) is 8.08. The van der Waals surface area contributed by atoms with Gasteiger partial charge in [0.15, 0.2) is 9.84 Å². The van der Waals surface area contributed by atoms with Gasteiger partial charge in [-0.3, -0.25) is 0 Å². The summed E-state index contributed by atoms with van der Waals surface area (Å²) in [7, 11) is -3.17. The van der Waals surface area contributed by atoms with Crippen molar-refractivity contribution in [3.8, 4) is 0 Å². The first-order chi connectivity index (χ1) is 9.02. The van der Waals surface area contributed by atoms with Crippen LogP contribution in [0.5, 0.6) is 0 Å². The molecule has 2 aromatic rings. The molecule has 0 amide bonds. The standard InChI is InChI=1S/C13H17N3O2S/c1-19(17,18)10-2-3-11-12(7-10)16-13(15-11)6-9-4-5-14-8-9/h2-3,7,9,14H,4-6,8H2,1H3,(H,15,16). The molecule has 3 rings (SSSR count). The maximum absolute atomic E-state index is 11.5. The molecule has 2 N–H and O–H groups in total. The molecule has 0 bridgehead atoms. The SMILES string of the molecule is CS(=O)(=O)c1ccc2nc(CC3CCNC3)[nH]c2c1. The van der Waals surface area contributed by atoms with Gasteiger partial charge in [-0.15, -0.1) is 0 Å². The average molecular weight is 279 g/mol. The highest BCUT2D eigenvalue weighted by Gasteiger charge is 2.17. The highest BCUT2D eigenvalue weighted by Crippen LogP contribution is 2.20. The van der Waals surface area contributed by atoms with Gasteiger partial charge in [-0.25, -0.2) is 13.4 Å². The molecule has 1 unspecified atom stereocenters. The number of nitrogens with zero attached hydrogens (tertiary/aromatic N) is 1. The summed E-state index contributed by atoms with van der Waals surface area (Å²) in [5.41, 5.74) is 1.62. The third-order valence-electron chi connectivity index (χ3n) is 3.57. The van der Waals surface area contributed by atoms with E-state index in [1.54, 1.807) is 18.2 Å². The Bertz CT molecular complexity index is 700. The smallest absolute Gasteiger partial charge is 0.175 e. The van der Waals surface area contributed by atoms with E-state index in [-0.39, 0.29) is 0 Å². The molecule has 1 fully saturated rings. The number of fused-ring (bicyclic) bond motifs is 1. The first kappa shape index (κ1) is 12.6. The van der Waals surface area contributed by atoms with Crippen LogP contribution in [0.25, 0.3) is 11.0 Å². The minimum atomic E-state index is -3.17. The van der Waals surface area contributed by atoms with Crippen LogP contribution in [0.2, 0.25) is 0 Å². The van der Waals surface area contributed by atoms with Crippen molar-refractivity contribution in [2.24, 2.45) is 5.92 Å². The van der Waals surface area contributed by atoms with E-state index < -0.39 is 9.84 Å². The summed E-state index contributed by atoms with van der Waals surface area (Å²) in [6.45, 7) is 2.11. The van der Waals surface area contributed by atoms with E-state index in [2.05, 4.69) is 15.3 Å². The van der Waals surface area contributed by atoms with Crippen LogP contribution in [-0.2, 0) is 16.3 Å². The van der Waals surface area contributed by atoms with E-state index in [1.807, 2.05) is 0 Å². The second-order valence-corrected chi connectivity index (χ2v) is 7.21. The molecule has 1 atom stereocenters. The van der Waals surface area contributed by atoms with Crippen molar-refractivity contribution in [1.29, 1.82) is 0 Å². The van der Waals surface area contributed by atoms with Crippen molar-refractivity contribution in [2.45, 2.75) is 17.7 Å². The summed E-state index contributed by atoms with van der Waals surface area (Å²) in [6.07, 6.45) is 3.30. The summed E-state index contributed by atoms with van der Waals surface area (Å²) in [5, 5.41) is 3.33. The minimum Gasteiger partial charge on any atom is -0.342 e. The van der Waals surface area contributed by atoms with E-state index in [1.165, 1.54) is 12.7 Å². The largest absolute Gasteiger partial charge is 0.342 e. The zero-order chi connectivity index (χ0) is 13.5. The number of imidazole rings is 1. The van der Waals surface area contributed by atoms with Gasteiger partial charge < -0.3 is 10.3 Å². The Labute approximate surface area is 112 Å². The van der Waals surface area contributed by atoms with E-state index >= 15 is 0 Å². The van der Waals surface area contributed by atoms with Gasteiger partial charge in [0.2, 0.25) is 0 Å². The Kier molecular flexibility index (Phi) is 3.06. The molecule has 1 aromatic heterocycles. The fourth-order valence-corrected chi connectivity index (χ4v) is 3.18. The van der Waals surface area contributed by atoms with E-state index in [4.69, 9.17) is 0 Å². The molecule has 0 radical (unpaired) electrons. The zero-order valence-electron chi connectivity index (χ0n) is 10.8. The Morgan fingerprint density at radius 2 is 2.26 bits per heavy atom. The molecule has 1 aliphatic heterocycles. The normalized spacial score (nSPS) is 20.2. The van der Waals surface area contributed by atoms with Crippen LogP contribution in [0.3, 0.4) is 0 Å². The molecule has 0 saturated carbocycles. The second-order valence-electron chi connectivity index (χ2n) is 5.20. The predicted molar refractivity (Wildman–Crippen MR) is 73.9 cm³/mol. The van der Waals surface area contributed by atoms with Crippen LogP contribution < -0.4 is 5.32 Å². The third kappa shape index (κ3) is 2.64. The van der Waals surface area contributed by atoms with Gasteiger partial charge in [0.05, 0.1) is 15.9 Å². The summed E-state index contributed by atoms with van der Waals surface area (Å²) in [6, 6.07) is 5.03. The topological polar surface area (TPSA) is 74.8 Å². The summed E-state index contributed by atoms with van der Waals surface area (Å²) >= 11 is 0. The lowest BCUT2D eigenvalue weighted by Crippen LogP contribution is -2.11. The number of aromatic nitrogens is 2. The lowest BCUT2D eigenvalue weighted by molar-refractivity contribution is 0.565. The predicted octanol–water partition coefficient (Wildman–Crippen LogP) is 1.12. The van der Waals surface area contributed by atoms with Crippen molar-refractivity contribution in [3.05, 3.63) is 24.0 Å². The number of H-pyrrole nitrogens is 1. The van der Waals surface area contributed by atoms with Crippen molar-refractivity contribution in [3.63, 3.8) is 0 Å². The van der Waals surface area contributed by atoms with Crippen LogP contribution in [0.1, 0.15) is 12.2 Å². The first-order valence-corrected chi connectivity index (χ1v) is 8.31. The third-order valence-corrected chi connectivity index (χ3v) is 4.69. The Hall–Kier alpha value is -1.40. The van der Waals surface area contributed by atoms with Gasteiger partial charge in [-0.2, -0.15) is 0 Å². The average Bonchev–Trinajstić information content (AvgIpc) is 2.95. The van der Waals surface area contributed by atoms with Gasteiger partial charge >= 0.3 is 0 Å². The molecule has 6 heteroatoms. The van der Waals surface area contributed by atoms with E-state index in [9.17, 15) is 8.42 Å². The number of rotatable bonds is 3. The Balaban J connectivity index is 1.92. The molecule has 1 saturated heterocycles. The molecule has 0 spiro atoms. The Morgan fingerprint density at radius 3 is 2.95 bits per heavy atom. The number of sulfone groups is 1. The highest BCUT2D eigenvalue weighted by molar-refractivity contribution is 7.90. The van der Waals surface area contributed by atoms with Gasteiger partial charge in [0.25, 0.3) is 0 Å². The monoisotopic (exact) mass is 279 g/mol. The molecular weight excluding hydrogens is 262 g/mol. The zero-order valence-corrected chi connectivity index (χ0v) is 11.6. The Morgan fingerprint density at radius 1 is 1.42 bits per heavy atom. The minimum absolute atomic E-state index is 0.331. The quantitative estimate of drug-likeness (QED) is 0.883. The van der Waals surface area contributed by atoms with Crippen molar-refractivity contribution >= 4 is 20.9 Å². The van der Waals surface area contributed by atoms with Gasteiger partial charge in [0.1, 0.15) is 5.82 Å². The molecule has 1 aromatic carbocycles. The van der Waals surface area contributed by atoms with Crippen molar-refractivity contribution < 1.29 is 8.42 Å². The van der Waals surface area contributed by atoms with Crippen molar-refractivity contribution in [2.75, 3.05) is 19.3 Å². The van der Waals surface area contributed by atoms with Gasteiger partial charge in [0, 0.05) is 12.7 Å². The number of nitrogens with one attached hydrogen (secondary N) is 2.